The maximum absolute atomic E-state index is 5.64. The number of hydrogen-bond acceptors (Lipinski definition) is 2. The van der Waals surface area contributed by atoms with Crippen molar-refractivity contribution in [2.24, 2.45) is 29.6 Å². The molecule has 0 aromatic rings. The Morgan fingerprint density at radius 2 is 1.81 bits per heavy atom. The molecule has 3 aliphatic carbocycles. The largest absolute Gasteiger partial charge is 0.377 e. The maximum Gasteiger partial charge on any atom is 0.0700 e. The fourth-order valence-corrected chi connectivity index (χ4v) is 5.00. The second-order valence-corrected chi connectivity index (χ2v) is 6.45. The molecule has 3 saturated carbocycles. The van der Waals surface area contributed by atoms with Gasteiger partial charge in [-0.1, -0.05) is 0 Å². The van der Waals surface area contributed by atoms with Crippen LogP contribution >= 0.6 is 0 Å². The zero-order valence-electron chi connectivity index (χ0n) is 10.0. The molecule has 5 unspecified atom stereocenters. The molecule has 1 saturated heterocycles. The first kappa shape index (κ1) is 9.90. The summed E-state index contributed by atoms with van der Waals surface area (Å²) >= 11 is 0. The molecule has 0 aromatic carbocycles. The standard InChI is InChI=1S/C14H23NO/c1-2-11(16-5-1)7-15-8-12-13-9-3-4-10(6-9)14(12)13/h9-15H,1-8H2. The van der Waals surface area contributed by atoms with E-state index in [-0.39, 0.29) is 0 Å². The van der Waals surface area contributed by atoms with E-state index >= 15 is 0 Å². The van der Waals surface area contributed by atoms with Crippen LogP contribution in [-0.4, -0.2) is 25.8 Å². The molecule has 2 heteroatoms. The van der Waals surface area contributed by atoms with Crippen LogP contribution in [0.4, 0.5) is 0 Å². The smallest absolute Gasteiger partial charge is 0.0700 e. The van der Waals surface area contributed by atoms with E-state index in [0.29, 0.717) is 6.10 Å². The monoisotopic (exact) mass is 221 g/mol. The van der Waals surface area contributed by atoms with Gasteiger partial charge in [-0.3, -0.25) is 0 Å². The lowest BCUT2D eigenvalue weighted by molar-refractivity contribution is 0.109. The maximum atomic E-state index is 5.64. The SMILES string of the molecule is C1COC(CNCC2C3C4CCC(C4)C23)C1. The van der Waals surface area contributed by atoms with Crippen LogP contribution in [0.15, 0.2) is 0 Å². The Labute approximate surface area is 98.1 Å². The highest BCUT2D eigenvalue weighted by molar-refractivity contribution is 5.13. The number of rotatable bonds is 4. The highest BCUT2D eigenvalue weighted by atomic mass is 16.5. The predicted octanol–water partition coefficient (Wildman–Crippen LogP) is 2.05. The van der Waals surface area contributed by atoms with Gasteiger partial charge in [-0.15, -0.1) is 0 Å². The summed E-state index contributed by atoms with van der Waals surface area (Å²) < 4.78 is 5.64. The third kappa shape index (κ3) is 1.46. The van der Waals surface area contributed by atoms with Crippen LogP contribution in [0.3, 0.4) is 0 Å². The van der Waals surface area contributed by atoms with E-state index in [1.165, 1.54) is 19.4 Å². The lowest BCUT2D eigenvalue weighted by atomic mass is 10.0. The highest BCUT2D eigenvalue weighted by Gasteiger charge is 2.64. The molecule has 0 aromatic heterocycles. The van der Waals surface area contributed by atoms with E-state index in [2.05, 4.69) is 5.32 Å². The zero-order chi connectivity index (χ0) is 10.5. The Hall–Kier alpha value is -0.0800. The second kappa shape index (κ2) is 3.71. The van der Waals surface area contributed by atoms with Crippen LogP contribution in [0.1, 0.15) is 32.1 Å². The van der Waals surface area contributed by atoms with Crippen molar-refractivity contribution in [1.82, 2.24) is 5.32 Å². The number of ether oxygens (including phenoxy) is 1. The van der Waals surface area contributed by atoms with Crippen LogP contribution in [0, 0.1) is 29.6 Å². The molecule has 1 aliphatic heterocycles. The van der Waals surface area contributed by atoms with Gasteiger partial charge >= 0.3 is 0 Å². The van der Waals surface area contributed by atoms with E-state index in [1.807, 2.05) is 0 Å². The van der Waals surface area contributed by atoms with Crippen molar-refractivity contribution in [1.29, 1.82) is 0 Å². The van der Waals surface area contributed by atoms with Crippen LogP contribution in [0.25, 0.3) is 0 Å². The van der Waals surface area contributed by atoms with E-state index in [1.54, 1.807) is 19.3 Å². The Balaban J connectivity index is 1.22. The average molecular weight is 221 g/mol. The molecular formula is C14H23NO. The van der Waals surface area contributed by atoms with Gasteiger partial charge in [-0.25, -0.2) is 0 Å². The lowest BCUT2D eigenvalue weighted by Crippen LogP contribution is -2.29. The van der Waals surface area contributed by atoms with Crippen molar-refractivity contribution in [3.8, 4) is 0 Å². The van der Waals surface area contributed by atoms with Crippen LogP contribution in [-0.2, 0) is 4.74 Å². The molecule has 16 heavy (non-hydrogen) atoms. The predicted molar refractivity (Wildman–Crippen MR) is 63.1 cm³/mol. The minimum atomic E-state index is 0.523. The molecule has 2 bridgehead atoms. The number of hydrogen-bond donors (Lipinski definition) is 1. The fourth-order valence-electron chi connectivity index (χ4n) is 5.00. The minimum absolute atomic E-state index is 0.523. The van der Waals surface area contributed by atoms with Crippen LogP contribution in [0.5, 0.6) is 0 Å². The number of fused-ring (bicyclic) bond motifs is 5. The Morgan fingerprint density at radius 1 is 1.00 bits per heavy atom. The van der Waals surface area contributed by atoms with E-state index in [0.717, 1.165) is 42.7 Å². The molecule has 0 radical (unpaired) electrons. The summed E-state index contributed by atoms with van der Waals surface area (Å²) in [6.45, 7) is 3.37. The van der Waals surface area contributed by atoms with Crippen molar-refractivity contribution in [3.05, 3.63) is 0 Å². The summed E-state index contributed by atoms with van der Waals surface area (Å²) in [6.07, 6.45) is 7.75. The summed E-state index contributed by atoms with van der Waals surface area (Å²) in [5.74, 6) is 5.58. The molecule has 4 rings (SSSR count). The third-order valence-corrected chi connectivity index (χ3v) is 5.67. The Kier molecular flexibility index (Phi) is 2.29. The van der Waals surface area contributed by atoms with Crippen molar-refractivity contribution < 1.29 is 4.74 Å². The van der Waals surface area contributed by atoms with Gasteiger partial charge in [-0.05, 0) is 68.2 Å². The molecule has 4 fully saturated rings. The molecule has 4 aliphatic rings. The van der Waals surface area contributed by atoms with Crippen molar-refractivity contribution in [3.63, 3.8) is 0 Å². The van der Waals surface area contributed by atoms with Gasteiger partial charge in [0, 0.05) is 13.2 Å². The van der Waals surface area contributed by atoms with Gasteiger partial charge in [0.05, 0.1) is 6.10 Å². The molecule has 0 amide bonds. The van der Waals surface area contributed by atoms with Crippen molar-refractivity contribution in [2.45, 2.75) is 38.2 Å². The molecule has 1 N–H and O–H groups in total. The number of nitrogens with one attached hydrogen (secondary N) is 1. The van der Waals surface area contributed by atoms with Gasteiger partial charge < -0.3 is 10.1 Å². The van der Waals surface area contributed by atoms with Gasteiger partial charge in [-0.2, -0.15) is 0 Å². The van der Waals surface area contributed by atoms with Gasteiger partial charge in [0.1, 0.15) is 0 Å². The minimum Gasteiger partial charge on any atom is -0.377 e. The van der Waals surface area contributed by atoms with Crippen molar-refractivity contribution >= 4 is 0 Å². The van der Waals surface area contributed by atoms with Gasteiger partial charge in [0.2, 0.25) is 0 Å². The first-order chi connectivity index (χ1) is 7.93. The fraction of sp³-hybridized carbons (Fsp3) is 1.00. The molecule has 90 valence electrons. The summed E-state index contributed by atoms with van der Waals surface area (Å²) in [7, 11) is 0. The summed E-state index contributed by atoms with van der Waals surface area (Å²) in [4.78, 5) is 0. The summed E-state index contributed by atoms with van der Waals surface area (Å²) in [5.41, 5.74) is 0. The van der Waals surface area contributed by atoms with E-state index < -0.39 is 0 Å². The molecular weight excluding hydrogens is 198 g/mol. The topological polar surface area (TPSA) is 21.3 Å². The van der Waals surface area contributed by atoms with E-state index in [9.17, 15) is 0 Å². The molecule has 0 spiro atoms. The summed E-state index contributed by atoms with van der Waals surface area (Å²) in [6, 6.07) is 0. The summed E-state index contributed by atoms with van der Waals surface area (Å²) in [5, 5.41) is 3.66. The average Bonchev–Trinajstić information content (AvgIpc) is 2.77. The normalized spacial score (nSPS) is 53.2. The van der Waals surface area contributed by atoms with E-state index in [4.69, 9.17) is 4.74 Å². The van der Waals surface area contributed by atoms with Gasteiger partial charge in [0.15, 0.2) is 0 Å². The first-order valence-corrected chi connectivity index (χ1v) is 7.26. The van der Waals surface area contributed by atoms with Gasteiger partial charge in [0.25, 0.3) is 0 Å². The molecule has 5 atom stereocenters. The van der Waals surface area contributed by atoms with Crippen molar-refractivity contribution in [2.75, 3.05) is 19.7 Å². The third-order valence-electron chi connectivity index (χ3n) is 5.67. The molecule has 2 nitrogen and oxygen atoms in total. The van der Waals surface area contributed by atoms with Crippen LogP contribution in [0.2, 0.25) is 0 Å². The zero-order valence-corrected chi connectivity index (χ0v) is 10.0. The highest BCUT2D eigenvalue weighted by Crippen LogP contribution is 2.69. The Bertz CT molecular complexity index is 258. The second-order valence-electron chi connectivity index (χ2n) is 6.45. The van der Waals surface area contributed by atoms with Crippen LogP contribution < -0.4 is 5.32 Å². The first-order valence-electron chi connectivity index (χ1n) is 7.26. The Morgan fingerprint density at radius 3 is 2.50 bits per heavy atom. The quantitative estimate of drug-likeness (QED) is 0.784. The lowest BCUT2D eigenvalue weighted by Gasteiger charge is -2.12. The molecule has 1 heterocycles.